The maximum atomic E-state index is 11.6. The molecule has 0 aliphatic heterocycles. The number of hydrogen-bond acceptors (Lipinski definition) is 3. The normalized spacial score (nSPS) is 12.3. The van der Waals surface area contributed by atoms with E-state index in [1.807, 2.05) is 27.7 Å². The molecule has 6 heteroatoms. The summed E-state index contributed by atoms with van der Waals surface area (Å²) in [4.78, 5) is 34.0. The number of hydrogen-bond donors (Lipinski definition) is 3. The summed E-state index contributed by atoms with van der Waals surface area (Å²) in [6.45, 7) is 7.54. The molecule has 0 unspecified atom stereocenters. The van der Waals surface area contributed by atoms with Gasteiger partial charge in [-0.3, -0.25) is 9.59 Å². The van der Waals surface area contributed by atoms with E-state index in [2.05, 4.69) is 10.6 Å². The molecule has 0 radical (unpaired) electrons. The molecule has 0 aliphatic carbocycles. The molecular weight excluding hydrogens is 260 g/mol. The van der Waals surface area contributed by atoms with E-state index >= 15 is 0 Å². The first kappa shape index (κ1) is 18.4. The molecule has 0 aromatic heterocycles. The van der Waals surface area contributed by atoms with Crippen LogP contribution in [0.1, 0.15) is 53.4 Å². The van der Waals surface area contributed by atoms with Crippen molar-refractivity contribution in [1.82, 2.24) is 10.6 Å². The van der Waals surface area contributed by atoms with Gasteiger partial charge in [-0.1, -0.05) is 13.8 Å². The third-order valence-electron chi connectivity index (χ3n) is 2.60. The van der Waals surface area contributed by atoms with E-state index < -0.39 is 12.0 Å². The largest absolute Gasteiger partial charge is 0.480 e. The molecule has 20 heavy (non-hydrogen) atoms. The Labute approximate surface area is 120 Å². The molecule has 0 aromatic carbocycles. The van der Waals surface area contributed by atoms with E-state index in [4.69, 9.17) is 5.11 Å². The van der Waals surface area contributed by atoms with Crippen LogP contribution in [0.4, 0.5) is 0 Å². The zero-order valence-electron chi connectivity index (χ0n) is 12.7. The molecule has 1 atom stereocenters. The summed E-state index contributed by atoms with van der Waals surface area (Å²) in [7, 11) is 0. The maximum Gasteiger partial charge on any atom is 0.326 e. The van der Waals surface area contributed by atoms with Crippen LogP contribution in [0.3, 0.4) is 0 Å². The van der Waals surface area contributed by atoms with Crippen molar-refractivity contribution in [2.45, 2.75) is 65.5 Å². The lowest BCUT2D eigenvalue weighted by Gasteiger charge is -2.16. The minimum absolute atomic E-state index is 0.0822. The van der Waals surface area contributed by atoms with Gasteiger partial charge in [0.15, 0.2) is 0 Å². The third-order valence-corrected chi connectivity index (χ3v) is 2.60. The van der Waals surface area contributed by atoms with Crippen LogP contribution < -0.4 is 10.6 Å². The summed E-state index contributed by atoms with van der Waals surface area (Å²) in [5, 5.41) is 14.2. The zero-order valence-corrected chi connectivity index (χ0v) is 12.7. The maximum absolute atomic E-state index is 11.6. The Morgan fingerprint density at radius 2 is 1.45 bits per heavy atom. The van der Waals surface area contributed by atoms with Gasteiger partial charge in [0.05, 0.1) is 0 Å². The molecule has 6 nitrogen and oxygen atoms in total. The van der Waals surface area contributed by atoms with Crippen molar-refractivity contribution in [3.8, 4) is 0 Å². The summed E-state index contributed by atoms with van der Waals surface area (Å²) in [6.07, 6.45) is 1.24. The first-order valence-electron chi connectivity index (χ1n) is 7.04. The number of nitrogens with one attached hydrogen (secondary N) is 2. The van der Waals surface area contributed by atoms with Crippen LogP contribution in [0.2, 0.25) is 0 Å². The highest BCUT2D eigenvalue weighted by atomic mass is 16.4. The lowest BCUT2D eigenvalue weighted by Crippen LogP contribution is -2.41. The van der Waals surface area contributed by atoms with Crippen LogP contribution in [-0.4, -0.2) is 35.0 Å². The standard InChI is InChI=1S/C14H26N2O4/c1-9(2)8-11(14(19)20)16-13(18)7-5-6-12(17)15-10(3)4/h9-11H,5-8H2,1-4H3,(H,15,17)(H,16,18)(H,19,20)/t11-/m1/s1. The summed E-state index contributed by atoms with van der Waals surface area (Å²) in [5.74, 6) is -1.25. The number of amides is 2. The van der Waals surface area contributed by atoms with Gasteiger partial charge in [-0.25, -0.2) is 4.79 Å². The molecular formula is C14H26N2O4. The summed E-state index contributed by atoms with van der Waals surface area (Å²) >= 11 is 0. The molecule has 0 fully saturated rings. The molecule has 0 bridgehead atoms. The van der Waals surface area contributed by atoms with Gasteiger partial charge < -0.3 is 15.7 Å². The van der Waals surface area contributed by atoms with Crippen molar-refractivity contribution in [2.24, 2.45) is 5.92 Å². The fourth-order valence-corrected chi connectivity index (χ4v) is 1.76. The molecule has 0 rings (SSSR count). The van der Waals surface area contributed by atoms with Crippen LogP contribution in [0.25, 0.3) is 0 Å². The number of aliphatic carboxylic acids is 1. The Hall–Kier alpha value is -1.59. The zero-order chi connectivity index (χ0) is 15.7. The molecule has 0 saturated carbocycles. The molecule has 2 amide bonds. The van der Waals surface area contributed by atoms with Crippen LogP contribution in [-0.2, 0) is 14.4 Å². The quantitative estimate of drug-likeness (QED) is 0.595. The van der Waals surface area contributed by atoms with Crippen molar-refractivity contribution in [2.75, 3.05) is 0 Å². The van der Waals surface area contributed by atoms with Gasteiger partial charge in [0.2, 0.25) is 11.8 Å². The summed E-state index contributed by atoms with van der Waals surface area (Å²) < 4.78 is 0. The molecule has 0 spiro atoms. The van der Waals surface area contributed by atoms with E-state index in [1.165, 1.54) is 0 Å². The van der Waals surface area contributed by atoms with Gasteiger partial charge in [-0.2, -0.15) is 0 Å². The molecule has 0 saturated heterocycles. The monoisotopic (exact) mass is 286 g/mol. The van der Waals surface area contributed by atoms with Gasteiger partial charge in [-0.15, -0.1) is 0 Å². The first-order valence-corrected chi connectivity index (χ1v) is 7.04. The molecule has 116 valence electrons. The predicted molar refractivity (Wildman–Crippen MR) is 76.2 cm³/mol. The van der Waals surface area contributed by atoms with E-state index in [1.54, 1.807) is 0 Å². The number of carbonyl (C=O) groups is 3. The van der Waals surface area contributed by atoms with Crippen molar-refractivity contribution in [1.29, 1.82) is 0 Å². The Balaban J connectivity index is 4.02. The van der Waals surface area contributed by atoms with Crippen molar-refractivity contribution in [3.05, 3.63) is 0 Å². The van der Waals surface area contributed by atoms with E-state index in [0.717, 1.165) is 0 Å². The van der Waals surface area contributed by atoms with E-state index in [9.17, 15) is 14.4 Å². The average Bonchev–Trinajstić information content (AvgIpc) is 2.26. The highest BCUT2D eigenvalue weighted by molar-refractivity contribution is 5.84. The second kappa shape index (κ2) is 9.34. The number of carboxylic acids is 1. The smallest absolute Gasteiger partial charge is 0.326 e. The Kier molecular flexibility index (Phi) is 8.59. The second-order valence-corrected chi connectivity index (χ2v) is 5.66. The van der Waals surface area contributed by atoms with Crippen molar-refractivity contribution >= 4 is 17.8 Å². The van der Waals surface area contributed by atoms with Crippen LogP contribution in [0.5, 0.6) is 0 Å². The second-order valence-electron chi connectivity index (χ2n) is 5.66. The average molecular weight is 286 g/mol. The topological polar surface area (TPSA) is 95.5 Å². The highest BCUT2D eigenvalue weighted by Gasteiger charge is 2.20. The first-order chi connectivity index (χ1) is 9.22. The van der Waals surface area contributed by atoms with Crippen LogP contribution in [0.15, 0.2) is 0 Å². The van der Waals surface area contributed by atoms with Gasteiger partial charge in [-0.05, 0) is 32.6 Å². The van der Waals surface area contributed by atoms with Crippen molar-refractivity contribution in [3.63, 3.8) is 0 Å². The summed E-state index contributed by atoms with van der Waals surface area (Å²) in [6, 6.07) is -0.772. The fraction of sp³-hybridized carbons (Fsp3) is 0.786. The predicted octanol–water partition coefficient (Wildman–Crippen LogP) is 1.30. The summed E-state index contributed by atoms with van der Waals surface area (Å²) in [5.41, 5.74) is 0. The Bertz CT molecular complexity index is 340. The molecule has 0 aliphatic rings. The lowest BCUT2D eigenvalue weighted by molar-refractivity contribution is -0.142. The van der Waals surface area contributed by atoms with Crippen LogP contribution >= 0.6 is 0 Å². The molecule has 3 N–H and O–H groups in total. The Morgan fingerprint density at radius 1 is 0.950 bits per heavy atom. The Morgan fingerprint density at radius 3 is 1.85 bits per heavy atom. The van der Waals surface area contributed by atoms with E-state index in [0.29, 0.717) is 12.8 Å². The minimum atomic E-state index is -1.02. The minimum Gasteiger partial charge on any atom is -0.480 e. The fourth-order valence-electron chi connectivity index (χ4n) is 1.76. The van der Waals surface area contributed by atoms with Gasteiger partial charge in [0, 0.05) is 18.9 Å². The van der Waals surface area contributed by atoms with Gasteiger partial charge in [0.1, 0.15) is 6.04 Å². The molecule has 0 aromatic rings. The van der Waals surface area contributed by atoms with Crippen molar-refractivity contribution < 1.29 is 19.5 Å². The molecule has 0 heterocycles. The van der Waals surface area contributed by atoms with Gasteiger partial charge in [0.25, 0.3) is 0 Å². The lowest BCUT2D eigenvalue weighted by atomic mass is 10.0. The highest BCUT2D eigenvalue weighted by Crippen LogP contribution is 2.06. The van der Waals surface area contributed by atoms with Gasteiger partial charge >= 0.3 is 5.97 Å². The van der Waals surface area contributed by atoms with Crippen LogP contribution in [0, 0.1) is 5.92 Å². The number of carboxylic acid groups (broad SMARTS) is 1. The van der Waals surface area contributed by atoms with E-state index in [-0.39, 0.29) is 36.6 Å². The SMILES string of the molecule is CC(C)C[C@@H](NC(=O)CCCC(=O)NC(C)C)C(=O)O. The number of rotatable bonds is 9. The number of carbonyl (C=O) groups excluding carboxylic acids is 2. The third kappa shape index (κ3) is 9.35.